The highest BCUT2D eigenvalue weighted by atomic mass is 32.1. The molecule has 2 saturated carbocycles. The molecule has 0 radical (unpaired) electrons. The molecule has 44 heavy (non-hydrogen) atoms. The Morgan fingerprint density at radius 3 is 2.16 bits per heavy atom. The number of nitrogen functional groups attached to an aromatic ring is 1. The SMILES string of the molecule is CC(C)C[C@H](O)[C@H](O)[C@H](CC1CCCCC1)N(CC1CCCCC1)C(=O)[C@@H](CC(=O)NCC(=O)C(C)C)Cc1csc(N)n1. The number of aliphatic hydroxyl groups excluding tert-OH is 2. The van der Waals surface area contributed by atoms with Crippen LogP contribution in [-0.4, -0.2) is 69.0 Å². The number of aromatic nitrogens is 1. The number of nitrogens with one attached hydrogen (secondary N) is 1. The second kappa shape index (κ2) is 18.2. The molecule has 1 aromatic heterocycles. The van der Waals surface area contributed by atoms with E-state index in [0.29, 0.717) is 42.0 Å². The number of carbonyl (C=O) groups is 3. The maximum Gasteiger partial charge on any atom is 0.226 e. The first-order valence-corrected chi connectivity index (χ1v) is 18.0. The lowest BCUT2D eigenvalue weighted by atomic mass is 9.80. The van der Waals surface area contributed by atoms with Gasteiger partial charge in [0.1, 0.15) is 6.10 Å². The molecule has 2 amide bonds. The highest BCUT2D eigenvalue weighted by Crippen LogP contribution is 2.34. The minimum atomic E-state index is -1.08. The van der Waals surface area contributed by atoms with E-state index in [4.69, 9.17) is 5.73 Å². The highest BCUT2D eigenvalue weighted by Gasteiger charge is 2.40. The Bertz CT molecular complexity index is 1030. The minimum absolute atomic E-state index is 0.0674. The van der Waals surface area contributed by atoms with E-state index in [1.807, 2.05) is 24.1 Å². The Hall–Kier alpha value is -2.04. The lowest BCUT2D eigenvalue weighted by Gasteiger charge is -2.42. The van der Waals surface area contributed by atoms with Gasteiger partial charge in [0.15, 0.2) is 10.9 Å². The second-order valence-corrected chi connectivity index (χ2v) is 15.1. The molecule has 0 unspecified atom stereocenters. The van der Waals surface area contributed by atoms with Crippen LogP contribution in [-0.2, 0) is 20.8 Å². The first kappa shape index (κ1) is 36.4. The number of ketones is 1. The maximum atomic E-state index is 14.8. The first-order chi connectivity index (χ1) is 20.9. The van der Waals surface area contributed by atoms with Crippen molar-refractivity contribution in [3.05, 3.63) is 11.1 Å². The zero-order chi connectivity index (χ0) is 32.2. The van der Waals surface area contributed by atoms with Gasteiger partial charge in [-0.25, -0.2) is 4.98 Å². The molecule has 2 fully saturated rings. The number of Topliss-reactive ketones (excluding diaryl/α,β-unsaturated/α-hetero) is 1. The van der Waals surface area contributed by atoms with Gasteiger partial charge >= 0.3 is 0 Å². The number of carbonyl (C=O) groups excluding carboxylic acids is 3. The van der Waals surface area contributed by atoms with Crippen molar-refractivity contribution in [1.82, 2.24) is 15.2 Å². The maximum absolute atomic E-state index is 14.8. The van der Waals surface area contributed by atoms with Crippen molar-refractivity contribution in [1.29, 1.82) is 0 Å². The summed E-state index contributed by atoms with van der Waals surface area (Å²) in [6, 6.07) is -0.546. The zero-order valence-corrected chi connectivity index (χ0v) is 28.3. The number of hydrogen-bond donors (Lipinski definition) is 4. The van der Waals surface area contributed by atoms with Crippen LogP contribution < -0.4 is 11.1 Å². The Balaban J connectivity index is 1.95. The van der Waals surface area contributed by atoms with Crippen LogP contribution in [0.15, 0.2) is 5.38 Å². The molecule has 0 aliphatic heterocycles. The number of rotatable bonds is 17. The van der Waals surface area contributed by atoms with Crippen LogP contribution in [0.4, 0.5) is 5.13 Å². The molecule has 0 bridgehead atoms. The summed E-state index contributed by atoms with van der Waals surface area (Å²) in [6.07, 6.45) is 10.3. The van der Waals surface area contributed by atoms with Crippen LogP contribution in [0.3, 0.4) is 0 Å². The molecular weight excluding hydrogens is 576 g/mol. The van der Waals surface area contributed by atoms with Gasteiger partial charge in [-0.3, -0.25) is 14.4 Å². The molecule has 0 aromatic carbocycles. The quantitative estimate of drug-likeness (QED) is 0.186. The van der Waals surface area contributed by atoms with E-state index in [9.17, 15) is 24.6 Å². The summed E-state index contributed by atoms with van der Waals surface area (Å²) in [5.41, 5.74) is 6.58. The van der Waals surface area contributed by atoms with Gasteiger partial charge in [0.25, 0.3) is 0 Å². The number of aliphatic hydroxyl groups is 2. The van der Waals surface area contributed by atoms with Crippen molar-refractivity contribution >= 4 is 34.1 Å². The lowest BCUT2D eigenvalue weighted by molar-refractivity contribution is -0.147. The molecule has 3 rings (SSSR count). The van der Waals surface area contributed by atoms with Crippen molar-refractivity contribution in [2.75, 3.05) is 18.8 Å². The molecule has 4 atom stereocenters. The number of nitrogens with two attached hydrogens (primary N) is 1. The molecule has 0 spiro atoms. The van der Waals surface area contributed by atoms with E-state index in [2.05, 4.69) is 10.3 Å². The molecule has 250 valence electrons. The monoisotopic (exact) mass is 634 g/mol. The van der Waals surface area contributed by atoms with Crippen molar-refractivity contribution < 1.29 is 24.6 Å². The molecule has 2 aliphatic carbocycles. The van der Waals surface area contributed by atoms with Crippen molar-refractivity contribution in [2.24, 2.45) is 29.6 Å². The average molecular weight is 635 g/mol. The van der Waals surface area contributed by atoms with E-state index >= 15 is 0 Å². The van der Waals surface area contributed by atoms with Gasteiger partial charge in [0, 0.05) is 30.7 Å². The largest absolute Gasteiger partial charge is 0.390 e. The van der Waals surface area contributed by atoms with Crippen molar-refractivity contribution in [3.8, 4) is 0 Å². The van der Waals surface area contributed by atoms with Crippen molar-refractivity contribution in [2.45, 2.75) is 136 Å². The zero-order valence-electron chi connectivity index (χ0n) is 27.5. The summed E-state index contributed by atoms with van der Waals surface area (Å²) in [5, 5.41) is 27.9. The van der Waals surface area contributed by atoms with Gasteiger partial charge in [-0.15, -0.1) is 11.3 Å². The number of amides is 2. The third kappa shape index (κ3) is 11.7. The van der Waals surface area contributed by atoms with E-state index in [0.717, 1.165) is 51.4 Å². The second-order valence-electron chi connectivity index (χ2n) is 14.2. The van der Waals surface area contributed by atoms with E-state index in [1.165, 1.54) is 24.2 Å². The van der Waals surface area contributed by atoms with Gasteiger partial charge < -0.3 is 26.2 Å². The van der Waals surface area contributed by atoms with E-state index < -0.39 is 24.2 Å². The Morgan fingerprint density at radius 2 is 1.61 bits per heavy atom. The van der Waals surface area contributed by atoms with Crippen LogP contribution in [0.1, 0.15) is 117 Å². The molecule has 0 saturated heterocycles. The number of anilines is 1. The molecular formula is C34H58N4O5S. The van der Waals surface area contributed by atoms with Crippen LogP contribution in [0.25, 0.3) is 0 Å². The van der Waals surface area contributed by atoms with Crippen LogP contribution >= 0.6 is 11.3 Å². The van der Waals surface area contributed by atoms with Crippen molar-refractivity contribution in [3.63, 3.8) is 0 Å². The topological polar surface area (TPSA) is 146 Å². The van der Waals surface area contributed by atoms with Gasteiger partial charge in [0.2, 0.25) is 11.8 Å². The molecule has 5 N–H and O–H groups in total. The number of nitrogens with zero attached hydrogens (tertiary/aromatic N) is 2. The molecule has 2 aliphatic rings. The van der Waals surface area contributed by atoms with Gasteiger partial charge in [0.05, 0.1) is 30.3 Å². The summed E-state index contributed by atoms with van der Waals surface area (Å²) in [4.78, 5) is 46.4. The predicted octanol–water partition coefficient (Wildman–Crippen LogP) is 5.13. The summed E-state index contributed by atoms with van der Waals surface area (Å²) in [6.45, 7) is 8.07. The summed E-state index contributed by atoms with van der Waals surface area (Å²) < 4.78 is 0. The fourth-order valence-corrected chi connectivity index (χ4v) is 7.54. The van der Waals surface area contributed by atoms with Crippen LogP contribution in [0, 0.1) is 29.6 Å². The average Bonchev–Trinajstić information content (AvgIpc) is 3.41. The number of thiazole rings is 1. The Labute approximate surface area is 268 Å². The third-order valence-electron chi connectivity index (χ3n) is 9.57. The molecule has 1 heterocycles. The minimum Gasteiger partial charge on any atom is -0.390 e. The summed E-state index contributed by atoms with van der Waals surface area (Å²) in [5.74, 6) is -0.678. The molecule has 9 nitrogen and oxygen atoms in total. The Kier molecular flexibility index (Phi) is 15.1. The summed E-state index contributed by atoms with van der Waals surface area (Å²) in [7, 11) is 0. The van der Waals surface area contributed by atoms with Gasteiger partial charge in [-0.05, 0) is 43.4 Å². The number of hydrogen-bond acceptors (Lipinski definition) is 8. The van der Waals surface area contributed by atoms with E-state index in [-0.39, 0.29) is 48.8 Å². The molecule has 1 aromatic rings. The normalized spacial score (nSPS) is 19.5. The van der Waals surface area contributed by atoms with Crippen LogP contribution in [0.5, 0.6) is 0 Å². The smallest absolute Gasteiger partial charge is 0.226 e. The fraction of sp³-hybridized carbons (Fsp3) is 0.824. The standard InChI is InChI=1S/C34H58N4O5S/c1-22(2)15-29(39)32(42)28(16-24-11-7-5-8-12-24)38(20-25-13-9-6-10-14-25)33(43)26(17-27-21-44-34(35)37-27)18-31(41)36-19-30(40)23(3)4/h21-26,28-29,32,39,42H,5-20H2,1-4H3,(H2,35,37)(H,36,41)/t26-,28+,29+,32-/m1/s1. The van der Waals surface area contributed by atoms with Crippen LogP contribution in [0.2, 0.25) is 0 Å². The van der Waals surface area contributed by atoms with Gasteiger partial charge in [-0.2, -0.15) is 0 Å². The lowest BCUT2D eigenvalue weighted by Crippen LogP contribution is -2.55. The van der Waals surface area contributed by atoms with E-state index in [1.54, 1.807) is 13.8 Å². The fourth-order valence-electron chi connectivity index (χ4n) is 6.97. The van der Waals surface area contributed by atoms with Gasteiger partial charge in [-0.1, -0.05) is 79.1 Å². The predicted molar refractivity (Wildman–Crippen MR) is 176 cm³/mol. The Morgan fingerprint density at radius 1 is 1.00 bits per heavy atom. The third-order valence-corrected chi connectivity index (χ3v) is 10.3. The highest BCUT2D eigenvalue weighted by molar-refractivity contribution is 7.13. The summed E-state index contributed by atoms with van der Waals surface area (Å²) >= 11 is 1.30. The first-order valence-electron chi connectivity index (χ1n) is 17.1. The molecule has 10 heteroatoms.